The van der Waals surface area contributed by atoms with Gasteiger partial charge < -0.3 is 10.6 Å². The molecule has 0 saturated carbocycles. The molecule has 2 N–H and O–H groups in total. The van der Waals surface area contributed by atoms with Gasteiger partial charge in [-0.3, -0.25) is 9.59 Å². The van der Waals surface area contributed by atoms with Crippen molar-refractivity contribution in [3.63, 3.8) is 0 Å². The number of hydrogen-bond donors (Lipinski definition) is 2. The Morgan fingerprint density at radius 3 is 2.50 bits per heavy atom. The van der Waals surface area contributed by atoms with E-state index in [4.69, 9.17) is 0 Å². The van der Waals surface area contributed by atoms with E-state index >= 15 is 0 Å². The summed E-state index contributed by atoms with van der Waals surface area (Å²) in [5, 5.41) is 5.33. The Balaban J connectivity index is 2.48. The lowest BCUT2D eigenvalue weighted by atomic mass is 10.1. The molecule has 0 spiro atoms. The van der Waals surface area contributed by atoms with Gasteiger partial charge in [-0.05, 0) is 39.3 Å². The summed E-state index contributed by atoms with van der Waals surface area (Å²) >= 11 is 0. The minimum atomic E-state index is -0.524. The van der Waals surface area contributed by atoms with Crippen molar-refractivity contribution in [2.24, 2.45) is 0 Å². The number of aryl methyl sites for hydroxylation is 1. The summed E-state index contributed by atoms with van der Waals surface area (Å²) < 4.78 is 13.7. The van der Waals surface area contributed by atoms with E-state index in [1.54, 1.807) is 19.1 Å². The number of carbonyl (C=O) groups is 2. The predicted octanol–water partition coefficient (Wildman–Crippen LogP) is 2.17. The number of benzene rings is 1. The van der Waals surface area contributed by atoms with Crippen molar-refractivity contribution in [3.05, 3.63) is 35.1 Å². The van der Waals surface area contributed by atoms with E-state index in [0.29, 0.717) is 5.56 Å². The van der Waals surface area contributed by atoms with Crippen LogP contribution in [0.25, 0.3) is 0 Å². The van der Waals surface area contributed by atoms with E-state index in [2.05, 4.69) is 10.6 Å². The summed E-state index contributed by atoms with van der Waals surface area (Å²) in [5.74, 6) is -1.18. The van der Waals surface area contributed by atoms with Crippen LogP contribution < -0.4 is 10.6 Å². The highest BCUT2D eigenvalue weighted by atomic mass is 19.1. The lowest BCUT2D eigenvalue weighted by Crippen LogP contribution is -2.42. The SMILES string of the molecule is Cc1cccc(C(=O)NCCC(=O)NC(C)(C)C)c1F. The maximum atomic E-state index is 13.7. The van der Waals surface area contributed by atoms with Crippen LogP contribution in [0.2, 0.25) is 0 Å². The number of amides is 2. The Kier molecular flexibility index (Phi) is 5.25. The zero-order valence-corrected chi connectivity index (χ0v) is 12.3. The van der Waals surface area contributed by atoms with Crippen molar-refractivity contribution in [3.8, 4) is 0 Å². The number of hydrogen-bond acceptors (Lipinski definition) is 2. The van der Waals surface area contributed by atoms with Gasteiger partial charge in [-0.15, -0.1) is 0 Å². The topological polar surface area (TPSA) is 58.2 Å². The third kappa shape index (κ3) is 4.99. The Labute approximate surface area is 118 Å². The standard InChI is InChI=1S/C15H21FN2O2/c1-10-6-5-7-11(13(10)16)14(20)17-9-8-12(19)18-15(2,3)4/h5-7H,8-9H2,1-4H3,(H,17,20)(H,18,19). The van der Waals surface area contributed by atoms with Gasteiger partial charge in [0.2, 0.25) is 5.91 Å². The molecule has 0 bridgehead atoms. The van der Waals surface area contributed by atoms with Crippen molar-refractivity contribution in [2.75, 3.05) is 6.54 Å². The van der Waals surface area contributed by atoms with Crippen molar-refractivity contribution in [1.82, 2.24) is 10.6 Å². The van der Waals surface area contributed by atoms with E-state index in [0.717, 1.165) is 0 Å². The minimum absolute atomic E-state index is 0.00114. The molecule has 0 aliphatic carbocycles. The Morgan fingerprint density at radius 1 is 1.25 bits per heavy atom. The molecule has 1 rings (SSSR count). The van der Waals surface area contributed by atoms with Crippen LogP contribution in [0.5, 0.6) is 0 Å². The lowest BCUT2D eigenvalue weighted by Gasteiger charge is -2.20. The molecule has 0 fully saturated rings. The van der Waals surface area contributed by atoms with Gasteiger partial charge in [-0.2, -0.15) is 0 Å². The van der Waals surface area contributed by atoms with Crippen LogP contribution in [-0.2, 0) is 4.79 Å². The van der Waals surface area contributed by atoms with Crippen LogP contribution in [0.1, 0.15) is 43.1 Å². The molecule has 0 aliphatic rings. The molecule has 0 aliphatic heterocycles. The summed E-state index contributed by atoms with van der Waals surface area (Å²) in [7, 11) is 0. The fraction of sp³-hybridized carbons (Fsp3) is 0.467. The Bertz CT molecular complexity index is 507. The van der Waals surface area contributed by atoms with Gasteiger partial charge in [0.15, 0.2) is 0 Å². The highest BCUT2D eigenvalue weighted by Crippen LogP contribution is 2.11. The van der Waals surface area contributed by atoms with Crippen LogP contribution >= 0.6 is 0 Å². The quantitative estimate of drug-likeness (QED) is 0.888. The predicted molar refractivity (Wildman–Crippen MR) is 76.0 cm³/mol. The monoisotopic (exact) mass is 280 g/mol. The highest BCUT2D eigenvalue weighted by Gasteiger charge is 2.15. The molecule has 1 aromatic rings. The summed E-state index contributed by atoms with van der Waals surface area (Å²) in [6.07, 6.45) is 0.163. The first-order valence-corrected chi connectivity index (χ1v) is 6.55. The van der Waals surface area contributed by atoms with E-state index in [1.807, 2.05) is 20.8 Å². The largest absolute Gasteiger partial charge is 0.351 e. The van der Waals surface area contributed by atoms with Crippen molar-refractivity contribution in [1.29, 1.82) is 0 Å². The van der Waals surface area contributed by atoms with Crippen LogP contribution in [0.15, 0.2) is 18.2 Å². The highest BCUT2D eigenvalue weighted by molar-refractivity contribution is 5.94. The third-order valence-corrected chi connectivity index (χ3v) is 2.59. The molecule has 110 valence electrons. The maximum Gasteiger partial charge on any atom is 0.254 e. The number of rotatable bonds is 4. The molecule has 0 aromatic heterocycles. The molecule has 0 atom stereocenters. The first-order valence-electron chi connectivity index (χ1n) is 6.55. The summed E-state index contributed by atoms with van der Waals surface area (Å²) in [6, 6.07) is 4.65. The molecule has 0 heterocycles. The Hall–Kier alpha value is -1.91. The smallest absolute Gasteiger partial charge is 0.254 e. The number of halogens is 1. The van der Waals surface area contributed by atoms with E-state index in [1.165, 1.54) is 6.07 Å². The second kappa shape index (κ2) is 6.50. The summed E-state index contributed by atoms with van der Waals surface area (Å²) in [6.45, 7) is 7.42. The normalized spacial score (nSPS) is 11.1. The van der Waals surface area contributed by atoms with Gasteiger partial charge in [0.05, 0.1) is 5.56 Å². The zero-order valence-electron chi connectivity index (χ0n) is 12.3. The van der Waals surface area contributed by atoms with Crippen LogP contribution in [0, 0.1) is 12.7 Å². The van der Waals surface area contributed by atoms with E-state index < -0.39 is 11.7 Å². The molecule has 4 nitrogen and oxygen atoms in total. The number of carbonyl (C=O) groups excluding carboxylic acids is 2. The minimum Gasteiger partial charge on any atom is -0.351 e. The Morgan fingerprint density at radius 2 is 1.90 bits per heavy atom. The lowest BCUT2D eigenvalue weighted by molar-refractivity contribution is -0.122. The molecule has 20 heavy (non-hydrogen) atoms. The van der Waals surface area contributed by atoms with Gasteiger partial charge >= 0.3 is 0 Å². The van der Waals surface area contributed by atoms with Crippen LogP contribution in [-0.4, -0.2) is 23.9 Å². The third-order valence-electron chi connectivity index (χ3n) is 2.59. The van der Waals surface area contributed by atoms with Gasteiger partial charge in [-0.1, -0.05) is 12.1 Å². The fourth-order valence-corrected chi connectivity index (χ4v) is 1.69. The van der Waals surface area contributed by atoms with Gasteiger partial charge in [0.25, 0.3) is 5.91 Å². The van der Waals surface area contributed by atoms with Crippen LogP contribution in [0.3, 0.4) is 0 Å². The molecule has 5 heteroatoms. The second-order valence-corrected chi connectivity index (χ2v) is 5.74. The molecule has 0 unspecified atom stereocenters. The molecule has 0 radical (unpaired) electrons. The maximum absolute atomic E-state index is 13.7. The van der Waals surface area contributed by atoms with Gasteiger partial charge in [0.1, 0.15) is 5.82 Å². The molecular weight excluding hydrogens is 259 g/mol. The fourth-order valence-electron chi connectivity index (χ4n) is 1.69. The molecular formula is C15H21FN2O2. The second-order valence-electron chi connectivity index (χ2n) is 5.74. The molecule has 2 amide bonds. The molecule has 0 saturated heterocycles. The first kappa shape index (κ1) is 16.1. The summed E-state index contributed by atoms with van der Waals surface area (Å²) in [4.78, 5) is 23.4. The van der Waals surface area contributed by atoms with Crippen molar-refractivity contribution in [2.45, 2.75) is 39.7 Å². The zero-order chi connectivity index (χ0) is 15.3. The summed E-state index contributed by atoms with van der Waals surface area (Å²) in [5.41, 5.74) is 0.119. The average Bonchev–Trinajstić information content (AvgIpc) is 2.30. The van der Waals surface area contributed by atoms with E-state index in [-0.39, 0.29) is 30.0 Å². The van der Waals surface area contributed by atoms with Gasteiger partial charge in [0, 0.05) is 18.5 Å². The first-order chi connectivity index (χ1) is 9.20. The average molecular weight is 280 g/mol. The van der Waals surface area contributed by atoms with Crippen molar-refractivity contribution >= 4 is 11.8 Å². The van der Waals surface area contributed by atoms with Crippen LogP contribution in [0.4, 0.5) is 4.39 Å². The van der Waals surface area contributed by atoms with Gasteiger partial charge in [-0.25, -0.2) is 4.39 Å². The number of nitrogens with one attached hydrogen (secondary N) is 2. The molecule has 1 aromatic carbocycles. The van der Waals surface area contributed by atoms with E-state index in [9.17, 15) is 14.0 Å². The van der Waals surface area contributed by atoms with Crippen molar-refractivity contribution < 1.29 is 14.0 Å².